The van der Waals surface area contributed by atoms with E-state index in [2.05, 4.69) is 27.9 Å². The van der Waals surface area contributed by atoms with Gasteiger partial charge in [0.2, 0.25) is 0 Å². The lowest BCUT2D eigenvalue weighted by atomic mass is 10.1. The zero-order valence-electron chi connectivity index (χ0n) is 10.7. The van der Waals surface area contributed by atoms with Gasteiger partial charge >= 0.3 is 0 Å². The Hall–Kier alpha value is -0.620. The maximum Gasteiger partial charge on any atom is 0.252 e. The van der Waals surface area contributed by atoms with Crippen LogP contribution in [0, 0.1) is 10.5 Å². The number of amides is 1. The van der Waals surface area contributed by atoms with Gasteiger partial charge in [0, 0.05) is 10.2 Å². The number of hydrogen-bond acceptors (Lipinski definition) is 2. The number of halogens is 1. The molecule has 18 heavy (non-hydrogen) atoms. The van der Waals surface area contributed by atoms with E-state index < -0.39 is 0 Å². The maximum atomic E-state index is 12.2. The van der Waals surface area contributed by atoms with E-state index >= 15 is 0 Å². The van der Waals surface area contributed by atoms with E-state index in [1.165, 1.54) is 0 Å². The van der Waals surface area contributed by atoms with Crippen LogP contribution in [0.15, 0.2) is 18.2 Å². The van der Waals surface area contributed by atoms with Crippen LogP contribution in [0.4, 0.5) is 0 Å². The Kier molecular flexibility index (Phi) is 4.61. The molecule has 1 aromatic rings. The molecule has 1 heterocycles. The van der Waals surface area contributed by atoms with Crippen molar-refractivity contribution >= 4 is 28.5 Å². The molecule has 1 aliphatic rings. The highest BCUT2D eigenvalue weighted by molar-refractivity contribution is 14.1. The quantitative estimate of drug-likeness (QED) is 0.843. The van der Waals surface area contributed by atoms with Crippen LogP contribution in [0.1, 0.15) is 35.7 Å². The minimum Gasteiger partial charge on any atom is -0.376 e. The number of hydrogen-bond donors (Lipinski definition) is 1. The number of carbonyl (C=O) groups is 1. The van der Waals surface area contributed by atoms with E-state index in [1.54, 1.807) is 0 Å². The van der Waals surface area contributed by atoms with Gasteiger partial charge in [-0.15, -0.1) is 0 Å². The summed E-state index contributed by atoms with van der Waals surface area (Å²) in [4.78, 5) is 12.2. The summed E-state index contributed by atoms with van der Waals surface area (Å²) in [5, 5.41) is 3.04. The molecule has 1 amide bonds. The number of carbonyl (C=O) groups excluding carboxylic acids is 1. The molecule has 1 aliphatic heterocycles. The first-order valence-corrected chi connectivity index (χ1v) is 7.35. The van der Waals surface area contributed by atoms with Crippen molar-refractivity contribution in [3.05, 3.63) is 32.9 Å². The van der Waals surface area contributed by atoms with Crippen molar-refractivity contribution in [3.63, 3.8) is 0 Å². The summed E-state index contributed by atoms with van der Waals surface area (Å²) in [5.41, 5.74) is 1.88. The van der Waals surface area contributed by atoms with Gasteiger partial charge in [-0.1, -0.05) is 12.1 Å². The molecule has 98 valence electrons. The van der Waals surface area contributed by atoms with E-state index in [0.717, 1.165) is 34.1 Å². The Balaban J connectivity index is 2.05. The molecule has 0 radical (unpaired) electrons. The largest absolute Gasteiger partial charge is 0.376 e. The molecule has 4 heteroatoms. The lowest BCUT2D eigenvalue weighted by Gasteiger charge is -2.20. The van der Waals surface area contributed by atoms with Crippen LogP contribution in [0.3, 0.4) is 0 Å². The summed E-state index contributed by atoms with van der Waals surface area (Å²) >= 11 is 2.22. The number of nitrogens with one attached hydrogen (secondary N) is 1. The fourth-order valence-electron chi connectivity index (χ4n) is 2.20. The second kappa shape index (κ2) is 6.02. The molecule has 0 unspecified atom stereocenters. The third kappa shape index (κ3) is 3.03. The lowest BCUT2D eigenvalue weighted by molar-refractivity contribution is 0.0712. The molecule has 0 aromatic heterocycles. The highest BCUT2D eigenvalue weighted by Crippen LogP contribution is 2.18. The second-order valence-electron chi connectivity index (χ2n) is 4.75. The summed E-state index contributed by atoms with van der Waals surface area (Å²) in [7, 11) is 0. The Morgan fingerprint density at radius 1 is 1.56 bits per heavy atom. The fourth-order valence-corrected chi connectivity index (χ4v) is 2.80. The van der Waals surface area contributed by atoms with E-state index in [4.69, 9.17) is 4.74 Å². The summed E-state index contributed by atoms with van der Waals surface area (Å²) in [6.45, 7) is 4.84. The van der Waals surface area contributed by atoms with Crippen LogP contribution in [0.2, 0.25) is 0 Å². The monoisotopic (exact) mass is 359 g/mol. The van der Waals surface area contributed by atoms with E-state index in [-0.39, 0.29) is 18.1 Å². The third-order valence-corrected chi connectivity index (χ3v) is 4.75. The molecule has 2 atom stereocenters. The second-order valence-corrected chi connectivity index (χ2v) is 5.83. The van der Waals surface area contributed by atoms with E-state index in [9.17, 15) is 4.79 Å². The average Bonchev–Trinajstić information content (AvgIpc) is 2.86. The first-order valence-electron chi connectivity index (χ1n) is 6.27. The highest BCUT2D eigenvalue weighted by atomic mass is 127. The molecule has 0 spiro atoms. The summed E-state index contributed by atoms with van der Waals surface area (Å²) in [5.74, 6) is -0.00824. The SMILES string of the molecule is Cc1cccc(C(=O)N[C@@H](C)[C@@H]2CCCO2)c1I. The predicted octanol–water partition coefficient (Wildman–Crippen LogP) is 2.90. The van der Waals surface area contributed by atoms with Gasteiger partial charge in [-0.05, 0) is 60.9 Å². The van der Waals surface area contributed by atoms with Crippen molar-refractivity contribution < 1.29 is 9.53 Å². The Bertz CT molecular complexity index is 441. The van der Waals surface area contributed by atoms with Crippen molar-refractivity contribution in [2.24, 2.45) is 0 Å². The standard InChI is InChI=1S/C14H18INO2/c1-9-5-3-6-11(13(9)15)14(17)16-10(2)12-7-4-8-18-12/h3,5-6,10,12H,4,7-8H2,1-2H3,(H,16,17)/t10-,12-/m0/s1. The molecule has 1 saturated heterocycles. The molecule has 0 saturated carbocycles. The first kappa shape index (κ1) is 13.8. The predicted molar refractivity (Wildman–Crippen MR) is 79.8 cm³/mol. The Morgan fingerprint density at radius 3 is 3.00 bits per heavy atom. The highest BCUT2D eigenvalue weighted by Gasteiger charge is 2.24. The minimum atomic E-state index is -0.00824. The van der Waals surface area contributed by atoms with Crippen molar-refractivity contribution in [1.82, 2.24) is 5.32 Å². The number of benzene rings is 1. The Morgan fingerprint density at radius 2 is 2.33 bits per heavy atom. The van der Waals surface area contributed by atoms with Crippen LogP contribution in [0.25, 0.3) is 0 Å². The van der Waals surface area contributed by atoms with Crippen LogP contribution >= 0.6 is 22.6 Å². The molecular formula is C14H18INO2. The number of rotatable bonds is 3. The minimum absolute atomic E-state index is 0.00824. The molecule has 1 fully saturated rings. The van der Waals surface area contributed by atoms with Crippen molar-refractivity contribution in [2.75, 3.05) is 6.61 Å². The summed E-state index contributed by atoms with van der Waals surface area (Å²) in [6, 6.07) is 5.87. The van der Waals surface area contributed by atoms with Gasteiger partial charge in [-0.25, -0.2) is 0 Å². The van der Waals surface area contributed by atoms with E-state index in [0.29, 0.717) is 0 Å². The number of ether oxygens (including phenoxy) is 1. The van der Waals surface area contributed by atoms with Gasteiger partial charge in [0.05, 0.1) is 17.7 Å². The first-order chi connectivity index (χ1) is 8.59. The molecule has 1 N–H and O–H groups in total. The van der Waals surface area contributed by atoms with Gasteiger partial charge in [-0.2, -0.15) is 0 Å². The topological polar surface area (TPSA) is 38.3 Å². The molecular weight excluding hydrogens is 341 g/mol. The van der Waals surface area contributed by atoms with Crippen molar-refractivity contribution in [1.29, 1.82) is 0 Å². The van der Waals surface area contributed by atoms with Gasteiger partial charge < -0.3 is 10.1 Å². The molecule has 2 rings (SSSR count). The van der Waals surface area contributed by atoms with Gasteiger partial charge in [0.15, 0.2) is 0 Å². The van der Waals surface area contributed by atoms with Gasteiger partial charge in [0.1, 0.15) is 0 Å². The van der Waals surface area contributed by atoms with E-state index in [1.807, 2.05) is 32.0 Å². The Labute approximate surface area is 121 Å². The van der Waals surface area contributed by atoms with Crippen LogP contribution in [-0.4, -0.2) is 24.7 Å². The van der Waals surface area contributed by atoms with Crippen LogP contribution in [0.5, 0.6) is 0 Å². The normalized spacial score (nSPS) is 20.7. The van der Waals surface area contributed by atoms with Crippen LogP contribution in [-0.2, 0) is 4.74 Å². The van der Waals surface area contributed by atoms with Crippen LogP contribution < -0.4 is 5.32 Å². The molecule has 3 nitrogen and oxygen atoms in total. The fraction of sp³-hybridized carbons (Fsp3) is 0.500. The molecule has 0 bridgehead atoms. The molecule has 1 aromatic carbocycles. The smallest absolute Gasteiger partial charge is 0.252 e. The van der Waals surface area contributed by atoms with Crippen molar-refractivity contribution in [3.8, 4) is 0 Å². The number of aryl methyl sites for hydroxylation is 1. The average molecular weight is 359 g/mol. The lowest BCUT2D eigenvalue weighted by Crippen LogP contribution is -2.41. The van der Waals surface area contributed by atoms with Gasteiger partial charge in [-0.3, -0.25) is 4.79 Å². The van der Waals surface area contributed by atoms with Gasteiger partial charge in [0.25, 0.3) is 5.91 Å². The third-order valence-electron chi connectivity index (χ3n) is 3.32. The molecule has 0 aliphatic carbocycles. The van der Waals surface area contributed by atoms with Crippen molar-refractivity contribution in [2.45, 2.75) is 38.8 Å². The maximum absolute atomic E-state index is 12.2. The zero-order valence-corrected chi connectivity index (χ0v) is 12.9. The summed E-state index contributed by atoms with van der Waals surface area (Å²) < 4.78 is 6.61. The summed E-state index contributed by atoms with van der Waals surface area (Å²) in [6.07, 6.45) is 2.29. The zero-order chi connectivity index (χ0) is 13.1.